The van der Waals surface area contributed by atoms with E-state index in [2.05, 4.69) is 4.98 Å². The molecule has 2 N–H and O–H groups in total. The van der Waals surface area contributed by atoms with Crippen molar-refractivity contribution in [2.24, 2.45) is 5.73 Å². The molecule has 4 heteroatoms. The summed E-state index contributed by atoms with van der Waals surface area (Å²) in [5, 5.41) is 8.86. The lowest BCUT2D eigenvalue weighted by atomic mass is 10.1. The molecule has 0 aliphatic rings. The normalized spacial score (nSPS) is 12.1. The first-order valence-corrected chi connectivity index (χ1v) is 5.01. The molecule has 0 saturated heterocycles. The molecule has 0 spiro atoms. The van der Waals surface area contributed by atoms with Crippen molar-refractivity contribution >= 4 is 0 Å². The summed E-state index contributed by atoms with van der Waals surface area (Å²) in [6.07, 6.45) is 3.37. The lowest BCUT2D eigenvalue weighted by Crippen LogP contribution is -2.05. The highest BCUT2D eigenvalue weighted by atomic mass is 15.1. The Hall–Kier alpha value is -2.12. The molecule has 4 nitrogen and oxygen atoms in total. The van der Waals surface area contributed by atoms with Crippen LogP contribution in [0.1, 0.15) is 24.4 Å². The topological polar surface area (TPSA) is 67.6 Å². The van der Waals surface area contributed by atoms with Crippen LogP contribution >= 0.6 is 0 Å². The van der Waals surface area contributed by atoms with Crippen molar-refractivity contribution in [3.8, 4) is 11.8 Å². The number of nitriles is 1. The maximum Gasteiger partial charge on any atom is 0.217 e. The zero-order valence-electron chi connectivity index (χ0n) is 8.96. The molecular formula is C12H12N4. The Balaban J connectivity index is 2.39. The van der Waals surface area contributed by atoms with Crippen molar-refractivity contribution in [3.63, 3.8) is 0 Å². The van der Waals surface area contributed by atoms with Crippen molar-refractivity contribution in [2.45, 2.75) is 13.0 Å². The SMILES string of the molecule is C[C@H](N)c1ccc(-n2ccnc2C#N)cc1. The molecule has 0 aliphatic carbocycles. The first kappa shape index (κ1) is 10.4. The minimum Gasteiger partial charge on any atom is -0.324 e. The summed E-state index contributed by atoms with van der Waals surface area (Å²) in [6.45, 7) is 1.94. The minimum atomic E-state index is 0.0206. The Morgan fingerprint density at radius 3 is 2.62 bits per heavy atom. The third kappa shape index (κ3) is 1.81. The zero-order valence-corrected chi connectivity index (χ0v) is 8.96. The van der Waals surface area contributed by atoms with Gasteiger partial charge in [0.25, 0.3) is 0 Å². The molecule has 2 rings (SSSR count). The fraction of sp³-hybridized carbons (Fsp3) is 0.167. The van der Waals surface area contributed by atoms with Gasteiger partial charge in [-0.25, -0.2) is 4.98 Å². The number of imidazole rings is 1. The molecule has 16 heavy (non-hydrogen) atoms. The third-order valence-electron chi connectivity index (χ3n) is 2.44. The molecular weight excluding hydrogens is 200 g/mol. The number of hydrogen-bond donors (Lipinski definition) is 1. The van der Waals surface area contributed by atoms with E-state index in [1.165, 1.54) is 0 Å². The van der Waals surface area contributed by atoms with Crippen molar-refractivity contribution in [2.75, 3.05) is 0 Å². The first-order valence-electron chi connectivity index (χ1n) is 5.01. The Bertz CT molecular complexity index is 517. The van der Waals surface area contributed by atoms with E-state index in [0.717, 1.165) is 11.3 Å². The van der Waals surface area contributed by atoms with Crippen molar-refractivity contribution in [3.05, 3.63) is 48.0 Å². The summed E-state index contributed by atoms with van der Waals surface area (Å²) in [4.78, 5) is 3.95. The number of hydrogen-bond acceptors (Lipinski definition) is 3. The van der Waals surface area contributed by atoms with Crippen LogP contribution in [0.2, 0.25) is 0 Å². The lowest BCUT2D eigenvalue weighted by molar-refractivity contribution is 0.817. The van der Waals surface area contributed by atoms with Crippen LogP contribution in [0.3, 0.4) is 0 Å². The Kier molecular flexibility index (Phi) is 2.71. The summed E-state index contributed by atoms with van der Waals surface area (Å²) < 4.78 is 1.74. The van der Waals surface area contributed by atoms with Crippen LogP contribution in [0.25, 0.3) is 5.69 Å². The van der Waals surface area contributed by atoms with Gasteiger partial charge in [0.1, 0.15) is 6.07 Å². The van der Waals surface area contributed by atoms with E-state index in [0.29, 0.717) is 5.82 Å². The first-order chi connectivity index (χ1) is 7.72. The summed E-state index contributed by atoms with van der Waals surface area (Å²) in [6, 6.07) is 9.84. The number of nitrogens with zero attached hydrogens (tertiary/aromatic N) is 3. The average Bonchev–Trinajstić information content (AvgIpc) is 2.77. The highest BCUT2D eigenvalue weighted by Crippen LogP contribution is 2.14. The predicted molar refractivity (Wildman–Crippen MR) is 60.9 cm³/mol. The van der Waals surface area contributed by atoms with Crippen LogP contribution < -0.4 is 5.73 Å². The fourth-order valence-corrected chi connectivity index (χ4v) is 1.53. The molecule has 1 heterocycles. The molecule has 0 amide bonds. The van der Waals surface area contributed by atoms with E-state index in [1.54, 1.807) is 17.0 Å². The van der Waals surface area contributed by atoms with Gasteiger partial charge in [0.15, 0.2) is 0 Å². The summed E-state index contributed by atoms with van der Waals surface area (Å²) in [7, 11) is 0. The van der Waals surface area contributed by atoms with Gasteiger partial charge in [-0.2, -0.15) is 5.26 Å². The van der Waals surface area contributed by atoms with Crippen LogP contribution in [-0.2, 0) is 0 Å². The van der Waals surface area contributed by atoms with Gasteiger partial charge in [0.05, 0.1) is 0 Å². The van der Waals surface area contributed by atoms with Crippen molar-refractivity contribution in [1.29, 1.82) is 5.26 Å². The van der Waals surface area contributed by atoms with Crippen LogP contribution in [-0.4, -0.2) is 9.55 Å². The molecule has 0 saturated carbocycles. The number of rotatable bonds is 2. The standard InChI is InChI=1S/C12H12N4/c1-9(14)10-2-4-11(5-3-10)16-7-6-15-12(16)8-13/h2-7,9H,14H2,1H3/t9-/m0/s1. The second-order valence-corrected chi connectivity index (χ2v) is 3.61. The van der Waals surface area contributed by atoms with Crippen molar-refractivity contribution in [1.82, 2.24) is 9.55 Å². The van der Waals surface area contributed by atoms with Crippen LogP contribution in [0.5, 0.6) is 0 Å². The van der Waals surface area contributed by atoms with Gasteiger partial charge in [-0.15, -0.1) is 0 Å². The Morgan fingerprint density at radius 1 is 1.38 bits per heavy atom. The zero-order chi connectivity index (χ0) is 11.5. The molecule has 1 aromatic heterocycles. The van der Waals surface area contributed by atoms with Crippen LogP contribution in [0.4, 0.5) is 0 Å². The highest BCUT2D eigenvalue weighted by Gasteiger charge is 2.04. The summed E-state index contributed by atoms with van der Waals surface area (Å²) in [5.74, 6) is 0.383. The maximum absolute atomic E-state index is 8.86. The quantitative estimate of drug-likeness (QED) is 0.824. The molecule has 0 unspecified atom stereocenters. The van der Waals surface area contributed by atoms with E-state index in [-0.39, 0.29) is 6.04 Å². The molecule has 0 fully saturated rings. The van der Waals surface area contributed by atoms with Gasteiger partial charge >= 0.3 is 0 Å². The summed E-state index contributed by atoms with van der Waals surface area (Å²) >= 11 is 0. The van der Waals surface area contributed by atoms with Gasteiger partial charge < -0.3 is 5.73 Å². The summed E-state index contributed by atoms with van der Waals surface area (Å²) in [5.41, 5.74) is 7.75. The molecule has 1 atom stereocenters. The second-order valence-electron chi connectivity index (χ2n) is 3.61. The maximum atomic E-state index is 8.86. The van der Waals surface area contributed by atoms with Crippen molar-refractivity contribution < 1.29 is 0 Å². The van der Waals surface area contributed by atoms with Crippen LogP contribution in [0.15, 0.2) is 36.7 Å². The molecule has 80 valence electrons. The highest BCUT2D eigenvalue weighted by molar-refractivity contribution is 5.38. The third-order valence-corrected chi connectivity index (χ3v) is 2.44. The number of nitrogens with two attached hydrogens (primary N) is 1. The van der Waals surface area contributed by atoms with E-state index in [9.17, 15) is 0 Å². The van der Waals surface area contributed by atoms with E-state index in [1.807, 2.05) is 37.3 Å². The van der Waals surface area contributed by atoms with Gasteiger partial charge in [-0.1, -0.05) is 12.1 Å². The number of benzene rings is 1. The molecule has 0 radical (unpaired) electrons. The smallest absolute Gasteiger partial charge is 0.217 e. The number of aromatic nitrogens is 2. The minimum absolute atomic E-state index is 0.0206. The molecule has 0 aliphatic heterocycles. The van der Waals surface area contributed by atoms with Gasteiger partial charge in [0, 0.05) is 24.1 Å². The van der Waals surface area contributed by atoms with E-state index >= 15 is 0 Å². The molecule has 0 bridgehead atoms. The molecule has 2 aromatic rings. The predicted octanol–water partition coefficient (Wildman–Crippen LogP) is 1.76. The largest absolute Gasteiger partial charge is 0.324 e. The second kappa shape index (κ2) is 4.17. The average molecular weight is 212 g/mol. The van der Waals surface area contributed by atoms with Gasteiger partial charge in [-0.3, -0.25) is 4.57 Å². The monoisotopic (exact) mass is 212 g/mol. The van der Waals surface area contributed by atoms with Gasteiger partial charge in [-0.05, 0) is 24.6 Å². The Labute approximate surface area is 94.0 Å². The van der Waals surface area contributed by atoms with E-state index in [4.69, 9.17) is 11.0 Å². The Morgan fingerprint density at radius 2 is 2.06 bits per heavy atom. The van der Waals surface area contributed by atoms with E-state index < -0.39 is 0 Å². The van der Waals surface area contributed by atoms with Gasteiger partial charge in [0.2, 0.25) is 5.82 Å². The van der Waals surface area contributed by atoms with Crippen LogP contribution in [0, 0.1) is 11.3 Å². The molecule has 1 aromatic carbocycles. The lowest BCUT2D eigenvalue weighted by Gasteiger charge is -2.07. The fourth-order valence-electron chi connectivity index (χ4n) is 1.53.